The second kappa shape index (κ2) is 13.8. The lowest BCUT2D eigenvalue weighted by Crippen LogP contribution is -1.97. The highest BCUT2D eigenvalue weighted by atomic mass is 16.5. The summed E-state index contributed by atoms with van der Waals surface area (Å²) in [6, 6.07) is 18.0. The molecule has 0 N–H and O–H groups in total. The van der Waals surface area contributed by atoms with E-state index in [4.69, 9.17) is 14.7 Å². The summed E-state index contributed by atoms with van der Waals surface area (Å²) in [5, 5.41) is 8.88. The number of hydrogen-bond acceptors (Lipinski definition) is 3. The van der Waals surface area contributed by atoms with E-state index in [-0.39, 0.29) is 0 Å². The third-order valence-corrected chi connectivity index (χ3v) is 4.86. The van der Waals surface area contributed by atoms with Crippen molar-refractivity contribution in [2.75, 3.05) is 19.8 Å². The van der Waals surface area contributed by atoms with Crippen molar-refractivity contribution < 1.29 is 9.47 Å². The van der Waals surface area contributed by atoms with Crippen molar-refractivity contribution in [3.05, 3.63) is 54.1 Å². The molecule has 0 saturated carbocycles. The van der Waals surface area contributed by atoms with Gasteiger partial charge in [0.1, 0.15) is 5.75 Å². The molecule has 0 unspecified atom stereocenters. The molecule has 28 heavy (non-hydrogen) atoms. The van der Waals surface area contributed by atoms with Crippen LogP contribution in [0, 0.1) is 11.3 Å². The van der Waals surface area contributed by atoms with E-state index >= 15 is 0 Å². The monoisotopic (exact) mass is 379 g/mol. The first-order chi connectivity index (χ1) is 13.8. The molecule has 0 spiro atoms. The number of benzene rings is 2. The van der Waals surface area contributed by atoms with Crippen LogP contribution in [0.3, 0.4) is 0 Å². The fraction of sp³-hybridized carbons (Fsp3) is 0.480. The van der Waals surface area contributed by atoms with Crippen LogP contribution >= 0.6 is 0 Å². The van der Waals surface area contributed by atoms with Gasteiger partial charge in [0.15, 0.2) is 0 Å². The van der Waals surface area contributed by atoms with Crippen molar-refractivity contribution in [1.29, 1.82) is 5.26 Å². The Morgan fingerprint density at radius 2 is 1.18 bits per heavy atom. The van der Waals surface area contributed by atoms with Gasteiger partial charge < -0.3 is 9.47 Å². The normalized spacial score (nSPS) is 10.6. The number of nitriles is 1. The Kier molecular flexibility index (Phi) is 10.8. The predicted molar refractivity (Wildman–Crippen MR) is 116 cm³/mol. The first-order valence-electron chi connectivity index (χ1n) is 10.6. The molecule has 2 rings (SSSR count). The number of ether oxygens (including phenoxy) is 2. The van der Waals surface area contributed by atoms with Crippen molar-refractivity contribution in [2.24, 2.45) is 0 Å². The van der Waals surface area contributed by atoms with Gasteiger partial charge in [0, 0.05) is 13.2 Å². The summed E-state index contributed by atoms with van der Waals surface area (Å²) in [7, 11) is 0. The van der Waals surface area contributed by atoms with Gasteiger partial charge in [-0.25, -0.2) is 0 Å². The zero-order valence-electron chi connectivity index (χ0n) is 17.2. The molecule has 0 atom stereocenters. The molecule has 3 nitrogen and oxygen atoms in total. The third kappa shape index (κ3) is 8.59. The molecule has 0 aliphatic rings. The van der Waals surface area contributed by atoms with Crippen LogP contribution in [-0.4, -0.2) is 19.8 Å². The van der Waals surface area contributed by atoms with Crippen molar-refractivity contribution in [3.8, 4) is 22.9 Å². The summed E-state index contributed by atoms with van der Waals surface area (Å²) in [5.41, 5.74) is 2.94. The SMILES string of the molecule is CCOCCCCCCCCCCOc1ccc(-c2ccc(C#N)cc2)cc1. The van der Waals surface area contributed by atoms with Gasteiger partial charge in [-0.05, 0) is 55.2 Å². The molecule has 0 aliphatic carbocycles. The summed E-state index contributed by atoms with van der Waals surface area (Å²) in [5.74, 6) is 0.923. The van der Waals surface area contributed by atoms with E-state index in [1.807, 2.05) is 36.4 Å². The molecular formula is C25H33NO2. The van der Waals surface area contributed by atoms with Crippen LogP contribution in [0.25, 0.3) is 11.1 Å². The molecule has 0 radical (unpaired) electrons. The van der Waals surface area contributed by atoms with Crippen LogP contribution in [0.2, 0.25) is 0 Å². The molecule has 0 saturated heterocycles. The molecule has 2 aromatic carbocycles. The zero-order valence-corrected chi connectivity index (χ0v) is 17.2. The summed E-state index contributed by atoms with van der Waals surface area (Å²) in [6.45, 7) is 4.59. The van der Waals surface area contributed by atoms with Gasteiger partial charge in [-0.3, -0.25) is 0 Å². The molecule has 0 fully saturated rings. The molecule has 150 valence electrons. The summed E-state index contributed by atoms with van der Waals surface area (Å²) >= 11 is 0. The fourth-order valence-corrected chi connectivity index (χ4v) is 3.18. The van der Waals surface area contributed by atoms with Gasteiger partial charge in [0.2, 0.25) is 0 Å². The minimum atomic E-state index is 0.685. The Bertz CT molecular complexity index is 686. The van der Waals surface area contributed by atoms with E-state index in [1.54, 1.807) is 0 Å². The predicted octanol–water partition coefficient (Wildman–Crippen LogP) is 6.76. The largest absolute Gasteiger partial charge is 0.494 e. The average Bonchev–Trinajstić information content (AvgIpc) is 2.75. The highest BCUT2D eigenvalue weighted by Crippen LogP contribution is 2.23. The van der Waals surface area contributed by atoms with E-state index < -0.39 is 0 Å². The minimum Gasteiger partial charge on any atom is -0.494 e. The summed E-state index contributed by atoms with van der Waals surface area (Å²) in [6.07, 6.45) is 10.1. The molecule has 0 bridgehead atoms. The standard InChI is InChI=1S/C25H33NO2/c1-2-27-19-9-7-5-3-4-6-8-10-20-28-25-17-15-24(16-18-25)23-13-11-22(21-26)12-14-23/h11-18H,2-10,19-20H2,1H3. The number of hydrogen-bond donors (Lipinski definition) is 0. The van der Waals surface area contributed by atoms with Crippen LogP contribution in [0.1, 0.15) is 63.9 Å². The zero-order chi connectivity index (χ0) is 19.9. The van der Waals surface area contributed by atoms with Crippen LogP contribution in [0.4, 0.5) is 0 Å². The van der Waals surface area contributed by atoms with Gasteiger partial charge in [-0.15, -0.1) is 0 Å². The lowest BCUT2D eigenvalue weighted by molar-refractivity contribution is 0.143. The van der Waals surface area contributed by atoms with Crippen LogP contribution in [0.15, 0.2) is 48.5 Å². The topological polar surface area (TPSA) is 42.2 Å². The Balaban J connectivity index is 1.53. The fourth-order valence-electron chi connectivity index (χ4n) is 3.18. The Morgan fingerprint density at radius 3 is 1.71 bits per heavy atom. The second-order valence-electron chi connectivity index (χ2n) is 7.09. The number of nitrogens with zero attached hydrogens (tertiary/aromatic N) is 1. The Labute approximate surface area is 170 Å². The Hall–Kier alpha value is -2.31. The molecule has 0 heterocycles. The number of unbranched alkanes of at least 4 members (excludes halogenated alkanes) is 7. The Morgan fingerprint density at radius 1 is 0.679 bits per heavy atom. The van der Waals surface area contributed by atoms with Crippen LogP contribution in [0.5, 0.6) is 5.75 Å². The second-order valence-corrected chi connectivity index (χ2v) is 7.09. The summed E-state index contributed by atoms with van der Waals surface area (Å²) in [4.78, 5) is 0. The highest BCUT2D eigenvalue weighted by Gasteiger charge is 2.00. The van der Waals surface area contributed by atoms with Crippen LogP contribution in [-0.2, 0) is 4.74 Å². The van der Waals surface area contributed by atoms with E-state index in [1.165, 1.54) is 44.9 Å². The van der Waals surface area contributed by atoms with Gasteiger partial charge in [-0.2, -0.15) is 5.26 Å². The van der Waals surface area contributed by atoms with E-state index in [0.717, 1.165) is 43.1 Å². The van der Waals surface area contributed by atoms with Crippen molar-refractivity contribution in [3.63, 3.8) is 0 Å². The van der Waals surface area contributed by atoms with Gasteiger partial charge >= 0.3 is 0 Å². The molecular weight excluding hydrogens is 346 g/mol. The maximum Gasteiger partial charge on any atom is 0.119 e. The average molecular weight is 380 g/mol. The van der Waals surface area contributed by atoms with E-state index in [0.29, 0.717) is 5.56 Å². The minimum absolute atomic E-state index is 0.685. The summed E-state index contributed by atoms with van der Waals surface area (Å²) < 4.78 is 11.2. The number of rotatable bonds is 14. The van der Waals surface area contributed by atoms with Crippen molar-refractivity contribution in [2.45, 2.75) is 58.3 Å². The van der Waals surface area contributed by atoms with Crippen molar-refractivity contribution in [1.82, 2.24) is 0 Å². The first-order valence-corrected chi connectivity index (χ1v) is 10.6. The van der Waals surface area contributed by atoms with Gasteiger partial charge in [-0.1, -0.05) is 62.8 Å². The molecule has 0 aromatic heterocycles. The van der Waals surface area contributed by atoms with Crippen molar-refractivity contribution >= 4 is 0 Å². The smallest absolute Gasteiger partial charge is 0.119 e. The van der Waals surface area contributed by atoms with Gasteiger partial charge in [0.25, 0.3) is 0 Å². The maximum absolute atomic E-state index is 8.88. The van der Waals surface area contributed by atoms with E-state index in [9.17, 15) is 0 Å². The first kappa shape index (κ1) is 22.0. The molecule has 3 heteroatoms. The van der Waals surface area contributed by atoms with E-state index in [2.05, 4.69) is 25.1 Å². The van der Waals surface area contributed by atoms with Crippen LogP contribution < -0.4 is 4.74 Å². The van der Waals surface area contributed by atoms with Gasteiger partial charge in [0.05, 0.1) is 18.2 Å². The molecule has 0 aliphatic heterocycles. The lowest BCUT2D eigenvalue weighted by atomic mass is 10.0. The maximum atomic E-state index is 8.88. The molecule has 2 aromatic rings. The quantitative estimate of drug-likeness (QED) is 0.340. The highest BCUT2D eigenvalue weighted by molar-refractivity contribution is 5.64. The third-order valence-electron chi connectivity index (χ3n) is 4.86. The lowest BCUT2D eigenvalue weighted by Gasteiger charge is -2.08. The molecule has 0 amide bonds.